The molecule has 2 aromatic carbocycles. The molecule has 8 heteroatoms. The van der Waals surface area contributed by atoms with Crippen LogP contribution in [0, 0.1) is 20.8 Å². The Kier molecular flexibility index (Phi) is 6.80. The van der Waals surface area contributed by atoms with E-state index < -0.39 is 5.91 Å². The molecule has 0 saturated carbocycles. The van der Waals surface area contributed by atoms with E-state index in [1.54, 1.807) is 13.0 Å². The maximum absolute atomic E-state index is 12.7. The molecule has 0 aliphatic rings. The zero-order valence-electron chi connectivity index (χ0n) is 16.9. The van der Waals surface area contributed by atoms with Gasteiger partial charge in [-0.3, -0.25) is 9.59 Å². The number of aryl methyl sites for hydroxylation is 3. The number of hydrogen-bond acceptors (Lipinski definition) is 3. The molecule has 0 aliphatic carbocycles. The molecule has 3 rings (SSSR count). The molecule has 30 heavy (non-hydrogen) atoms. The minimum absolute atomic E-state index is 0.182. The Morgan fingerprint density at radius 1 is 1.00 bits per heavy atom. The lowest BCUT2D eigenvalue weighted by Crippen LogP contribution is -2.33. The van der Waals surface area contributed by atoms with Gasteiger partial charge in [0.15, 0.2) is 0 Å². The van der Waals surface area contributed by atoms with Gasteiger partial charge in [-0.25, -0.2) is 4.68 Å². The van der Waals surface area contributed by atoms with Crippen molar-refractivity contribution in [1.82, 2.24) is 15.1 Å². The normalized spacial score (nSPS) is 10.7. The third-order valence-corrected chi connectivity index (χ3v) is 5.48. The molecule has 1 aromatic heterocycles. The van der Waals surface area contributed by atoms with Gasteiger partial charge in [-0.05, 0) is 43.5 Å². The molecule has 1 heterocycles. The molecule has 0 unspecified atom stereocenters. The Hall–Kier alpha value is -2.83. The number of halogens is 2. The molecular weight excluding hydrogens is 423 g/mol. The van der Waals surface area contributed by atoms with Crippen molar-refractivity contribution in [2.75, 3.05) is 11.9 Å². The molecule has 0 fully saturated rings. The number of para-hydroxylation sites is 1. The number of hydrogen-bond donors (Lipinski definition) is 2. The van der Waals surface area contributed by atoms with Gasteiger partial charge in [-0.2, -0.15) is 5.10 Å². The first-order valence-electron chi connectivity index (χ1n) is 9.38. The quantitative estimate of drug-likeness (QED) is 0.585. The summed E-state index contributed by atoms with van der Waals surface area (Å²) < 4.78 is 1.52. The van der Waals surface area contributed by atoms with Gasteiger partial charge in [-0.15, -0.1) is 0 Å². The summed E-state index contributed by atoms with van der Waals surface area (Å²) in [5.74, 6) is -0.780. The topological polar surface area (TPSA) is 76.0 Å². The molecule has 0 saturated heterocycles. The Balaban J connectivity index is 1.68. The number of anilines is 1. The summed E-state index contributed by atoms with van der Waals surface area (Å²) in [6.07, 6.45) is 0. The molecule has 2 amide bonds. The molecule has 0 bridgehead atoms. The first-order chi connectivity index (χ1) is 14.3. The Morgan fingerprint density at radius 2 is 1.67 bits per heavy atom. The molecule has 2 N–H and O–H groups in total. The van der Waals surface area contributed by atoms with Crippen molar-refractivity contribution in [2.24, 2.45) is 0 Å². The summed E-state index contributed by atoms with van der Waals surface area (Å²) in [5.41, 5.74) is 4.20. The van der Waals surface area contributed by atoms with Crippen molar-refractivity contribution in [3.05, 3.63) is 80.6 Å². The largest absolute Gasteiger partial charge is 0.343 e. The molecule has 3 aromatic rings. The highest BCUT2D eigenvalue weighted by Crippen LogP contribution is 2.23. The summed E-state index contributed by atoms with van der Waals surface area (Å²) >= 11 is 12.6. The van der Waals surface area contributed by atoms with E-state index in [9.17, 15) is 9.59 Å². The minimum atomic E-state index is -0.459. The maximum atomic E-state index is 12.7. The van der Waals surface area contributed by atoms with Gasteiger partial charge < -0.3 is 10.6 Å². The van der Waals surface area contributed by atoms with Crippen LogP contribution in [0.3, 0.4) is 0 Å². The second kappa shape index (κ2) is 9.32. The molecule has 0 radical (unpaired) electrons. The molecule has 156 valence electrons. The molecule has 6 nitrogen and oxygen atoms in total. The van der Waals surface area contributed by atoms with Crippen molar-refractivity contribution in [3.63, 3.8) is 0 Å². The highest BCUT2D eigenvalue weighted by Gasteiger charge is 2.21. The van der Waals surface area contributed by atoms with E-state index in [0.29, 0.717) is 17.3 Å². The van der Waals surface area contributed by atoms with E-state index in [1.807, 2.05) is 50.2 Å². The van der Waals surface area contributed by atoms with Crippen LogP contribution in [0.5, 0.6) is 0 Å². The predicted molar refractivity (Wildman–Crippen MR) is 119 cm³/mol. The van der Waals surface area contributed by atoms with Crippen molar-refractivity contribution in [2.45, 2.75) is 27.3 Å². The average molecular weight is 445 g/mol. The van der Waals surface area contributed by atoms with Crippen LogP contribution in [-0.2, 0) is 11.3 Å². The smallest absolute Gasteiger partial charge is 0.256 e. The summed E-state index contributed by atoms with van der Waals surface area (Å²) in [6.45, 7) is 5.67. The summed E-state index contributed by atoms with van der Waals surface area (Å²) in [7, 11) is 0. The second-order valence-electron chi connectivity index (χ2n) is 7.00. The van der Waals surface area contributed by atoms with Crippen LogP contribution in [0.25, 0.3) is 0 Å². The SMILES string of the molecule is Cc1cccc(C)c1NC(=O)CNC(=O)c1c(C)nn(Cc2ccccc2Cl)c1Cl. The van der Waals surface area contributed by atoms with Gasteiger partial charge in [0.05, 0.1) is 24.3 Å². The predicted octanol–water partition coefficient (Wildman–Crippen LogP) is 4.53. The van der Waals surface area contributed by atoms with Gasteiger partial charge in [0, 0.05) is 10.7 Å². The third-order valence-electron chi connectivity index (χ3n) is 4.73. The number of carbonyl (C=O) groups is 2. The standard InChI is InChI=1S/C22H22Cl2N4O2/c1-13-7-6-8-14(2)20(13)26-18(29)11-25-22(30)19-15(3)27-28(21(19)24)12-16-9-4-5-10-17(16)23/h4-10H,11-12H2,1-3H3,(H,25,30)(H,26,29). The number of amides is 2. The van der Waals surface area contributed by atoms with E-state index in [0.717, 1.165) is 22.4 Å². The summed E-state index contributed by atoms with van der Waals surface area (Å²) in [6, 6.07) is 13.1. The lowest BCUT2D eigenvalue weighted by atomic mass is 10.1. The first kappa shape index (κ1) is 21.9. The Morgan fingerprint density at radius 3 is 2.33 bits per heavy atom. The van der Waals surface area contributed by atoms with Crippen molar-refractivity contribution < 1.29 is 9.59 Å². The number of benzene rings is 2. The molecule has 0 aliphatic heterocycles. The van der Waals surface area contributed by atoms with Crippen LogP contribution >= 0.6 is 23.2 Å². The number of rotatable bonds is 6. The molecular formula is C22H22Cl2N4O2. The van der Waals surface area contributed by atoms with Crippen LogP contribution in [0.4, 0.5) is 5.69 Å². The fourth-order valence-electron chi connectivity index (χ4n) is 3.15. The zero-order chi connectivity index (χ0) is 21.8. The Labute approximate surface area is 185 Å². The second-order valence-corrected chi connectivity index (χ2v) is 7.76. The number of nitrogens with one attached hydrogen (secondary N) is 2. The van der Waals surface area contributed by atoms with Crippen LogP contribution in [0.15, 0.2) is 42.5 Å². The van der Waals surface area contributed by atoms with E-state index >= 15 is 0 Å². The number of nitrogens with zero attached hydrogens (tertiary/aromatic N) is 2. The van der Waals surface area contributed by atoms with Gasteiger partial charge in [0.25, 0.3) is 5.91 Å². The van der Waals surface area contributed by atoms with Gasteiger partial charge in [0.2, 0.25) is 5.91 Å². The highest BCUT2D eigenvalue weighted by atomic mass is 35.5. The van der Waals surface area contributed by atoms with Crippen LogP contribution in [0.1, 0.15) is 32.7 Å². The lowest BCUT2D eigenvalue weighted by Gasteiger charge is -2.12. The fourth-order valence-corrected chi connectivity index (χ4v) is 3.66. The third kappa shape index (κ3) is 4.83. The Bertz CT molecular complexity index is 1090. The molecule has 0 spiro atoms. The van der Waals surface area contributed by atoms with Crippen LogP contribution in [0.2, 0.25) is 10.2 Å². The lowest BCUT2D eigenvalue weighted by molar-refractivity contribution is -0.115. The molecule has 0 atom stereocenters. The van der Waals surface area contributed by atoms with Gasteiger partial charge in [0.1, 0.15) is 5.15 Å². The average Bonchev–Trinajstić information content (AvgIpc) is 2.98. The van der Waals surface area contributed by atoms with Gasteiger partial charge >= 0.3 is 0 Å². The van der Waals surface area contributed by atoms with E-state index in [-0.39, 0.29) is 23.2 Å². The van der Waals surface area contributed by atoms with Crippen LogP contribution < -0.4 is 10.6 Å². The van der Waals surface area contributed by atoms with E-state index in [1.165, 1.54) is 4.68 Å². The minimum Gasteiger partial charge on any atom is -0.343 e. The van der Waals surface area contributed by atoms with E-state index in [2.05, 4.69) is 15.7 Å². The highest BCUT2D eigenvalue weighted by molar-refractivity contribution is 6.33. The van der Waals surface area contributed by atoms with Crippen molar-refractivity contribution in [1.29, 1.82) is 0 Å². The summed E-state index contributed by atoms with van der Waals surface area (Å²) in [4.78, 5) is 25.0. The monoisotopic (exact) mass is 444 g/mol. The fraction of sp³-hybridized carbons (Fsp3) is 0.227. The summed E-state index contributed by atoms with van der Waals surface area (Å²) in [5, 5.41) is 10.6. The van der Waals surface area contributed by atoms with E-state index in [4.69, 9.17) is 23.2 Å². The van der Waals surface area contributed by atoms with Crippen molar-refractivity contribution >= 4 is 40.7 Å². The van der Waals surface area contributed by atoms with Crippen LogP contribution in [-0.4, -0.2) is 28.1 Å². The maximum Gasteiger partial charge on any atom is 0.256 e. The van der Waals surface area contributed by atoms with Gasteiger partial charge in [-0.1, -0.05) is 59.6 Å². The first-order valence-corrected chi connectivity index (χ1v) is 10.1. The number of carbonyl (C=O) groups excluding carboxylic acids is 2. The van der Waals surface area contributed by atoms with Crippen molar-refractivity contribution in [3.8, 4) is 0 Å². The zero-order valence-corrected chi connectivity index (χ0v) is 18.4. The number of aromatic nitrogens is 2.